The first-order chi connectivity index (χ1) is 6.84. The third-order valence-electron chi connectivity index (χ3n) is 2.10. The summed E-state index contributed by atoms with van der Waals surface area (Å²) < 4.78 is 2.05. The molecule has 4 nitrogen and oxygen atoms in total. The molecule has 2 aromatic rings. The van der Waals surface area contributed by atoms with Gasteiger partial charge in [0.2, 0.25) is 0 Å². The van der Waals surface area contributed by atoms with Crippen LogP contribution in [0.25, 0.3) is 0 Å². The summed E-state index contributed by atoms with van der Waals surface area (Å²) in [5, 5.41) is 10.1. The summed E-state index contributed by atoms with van der Waals surface area (Å²) in [6, 6.07) is 4.08. The molecule has 2 aromatic heterocycles. The van der Waals surface area contributed by atoms with Gasteiger partial charge in [0, 0.05) is 44.4 Å². The summed E-state index contributed by atoms with van der Waals surface area (Å²) in [6.07, 6.45) is 5.92. The Morgan fingerprint density at radius 2 is 2.36 bits per heavy atom. The van der Waals surface area contributed by atoms with Crippen LogP contribution >= 0.6 is 0 Å². The monoisotopic (exact) mass is 190 g/mol. The van der Waals surface area contributed by atoms with E-state index in [0.717, 1.165) is 18.8 Å². The van der Waals surface area contributed by atoms with Crippen LogP contribution in [0, 0.1) is 0 Å². The van der Waals surface area contributed by atoms with E-state index in [2.05, 4.69) is 27.8 Å². The van der Waals surface area contributed by atoms with Crippen molar-refractivity contribution in [3.05, 3.63) is 42.0 Å². The van der Waals surface area contributed by atoms with Gasteiger partial charge in [-0.15, -0.1) is 0 Å². The molecule has 0 unspecified atom stereocenters. The van der Waals surface area contributed by atoms with Gasteiger partial charge in [0.15, 0.2) is 0 Å². The van der Waals surface area contributed by atoms with Crippen molar-refractivity contribution in [2.45, 2.75) is 13.1 Å². The summed E-state index contributed by atoms with van der Waals surface area (Å²) in [4.78, 5) is 0. The van der Waals surface area contributed by atoms with E-state index < -0.39 is 0 Å². The summed E-state index contributed by atoms with van der Waals surface area (Å²) in [5.41, 5.74) is 2.41. The zero-order valence-corrected chi connectivity index (χ0v) is 8.20. The Morgan fingerprint density at radius 1 is 1.43 bits per heavy atom. The van der Waals surface area contributed by atoms with Gasteiger partial charge in [-0.05, 0) is 17.7 Å². The number of aromatic amines is 1. The predicted octanol–water partition coefficient (Wildman–Crippen LogP) is 1.04. The molecule has 0 bridgehead atoms. The Labute approximate surface area is 82.9 Å². The minimum atomic E-state index is 0.828. The van der Waals surface area contributed by atoms with E-state index in [0.29, 0.717) is 0 Å². The highest BCUT2D eigenvalue weighted by Gasteiger charge is 1.95. The van der Waals surface area contributed by atoms with E-state index in [9.17, 15) is 0 Å². The van der Waals surface area contributed by atoms with Gasteiger partial charge >= 0.3 is 0 Å². The molecular weight excluding hydrogens is 176 g/mol. The normalized spacial score (nSPS) is 10.6. The third kappa shape index (κ3) is 2.23. The van der Waals surface area contributed by atoms with Crippen molar-refractivity contribution in [1.29, 1.82) is 0 Å². The maximum atomic E-state index is 3.88. The second kappa shape index (κ2) is 4.11. The number of aryl methyl sites for hydroxylation is 1. The molecule has 0 amide bonds. The van der Waals surface area contributed by atoms with Crippen molar-refractivity contribution in [3.63, 3.8) is 0 Å². The number of H-pyrrole nitrogens is 1. The van der Waals surface area contributed by atoms with Crippen LogP contribution in [0.3, 0.4) is 0 Å². The van der Waals surface area contributed by atoms with E-state index in [-0.39, 0.29) is 0 Å². The first-order valence-corrected chi connectivity index (χ1v) is 4.64. The first-order valence-electron chi connectivity index (χ1n) is 4.64. The lowest BCUT2D eigenvalue weighted by Gasteiger charge is -2.00. The van der Waals surface area contributed by atoms with Crippen molar-refractivity contribution in [1.82, 2.24) is 20.1 Å². The fourth-order valence-electron chi connectivity index (χ4n) is 1.39. The van der Waals surface area contributed by atoms with Gasteiger partial charge in [0.1, 0.15) is 0 Å². The van der Waals surface area contributed by atoms with Crippen LogP contribution in [0.15, 0.2) is 30.7 Å². The molecule has 2 N–H and O–H groups in total. The topological polar surface area (TPSA) is 45.6 Å². The number of nitrogens with one attached hydrogen (secondary N) is 2. The summed E-state index contributed by atoms with van der Waals surface area (Å²) in [6.45, 7) is 1.72. The van der Waals surface area contributed by atoms with Crippen LogP contribution in [0.4, 0.5) is 0 Å². The van der Waals surface area contributed by atoms with Gasteiger partial charge in [0.25, 0.3) is 0 Å². The van der Waals surface area contributed by atoms with E-state index >= 15 is 0 Å². The molecule has 0 aromatic carbocycles. The largest absolute Gasteiger partial charge is 0.357 e. The third-order valence-corrected chi connectivity index (χ3v) is 2.10. The van der Waals surface area contributed by atoms with E-state index in [1.54, 1.807) is 6.20 Å². The smallest absolute Gasteiger partial charge is 0.0490 e. The number of hydrogen-bond donors (Lipinski definition) is 2. The molecule has 4 heteroatoms. The van der Waals surface area contributed by atoms with Gasteiger partial charge < -0.3 is 9.88 Å². The quantitative estimate of drug-likeness (QED) is 0.756. The van der Waals surface area contributed by atoms with Crippen LogP contribution < -0.4 is 5.32 Å². The molecule has 2 heterocycles. The maximum absolute atomic E-state index is 3.88. The Kier molecular flexibility index (Phi) is 2.65. The molecule has 0 radical (unpaired) electrons. The fraction of sp³-hybridized carbons (Fsp3) is 0.300. The molecule has 0 aliphatic carbocycles. The summed E-state index contributed by atoms with van der Waals surface area (Å²) in [5.74, 6) is 0. The number of nitrogens with zero attached hydrogens (tertiary/aromatic N) is 2. The molecule has 2 rings (SSSR count). The highest BCUT2D eigenvalue weighted by Crippen LogP contribution is 1.99. The minimum Gasteiger partial charge on any atom is -0.357 e. The molecule has 0 aliphatic rings. The summed E-state index contributed by atoms with van der Waals surface area (Å²) in [7, 11) is 2.03. The number of aromatic nitrogens is 3. The molecule has 0 atom stereocenters. The molecule has 0 aliphatic heterocycles. The standard InChI is InChI=1S/C10H14N4/c1-14-5-3-9(8-14)6-11-7-10-2-4-12-13-10/h2-5,8,11H,6-7H2,1H3,(H,12,13). The Balaban J connectivity index is 1.78. The maximum Gasteiger partial charge on any atom is 0.0490 e. The summed E-state index contributed by atoms with van der Waals surface area (Å²) >= 11 is 0. The van der Waals surface area contributed by atoms with Crippen LogP contribution in [0.2, 0.25) is 0 Å². The van der Waals surface area contributed by atoms with Crippen LogP contribution in [0.1, 0.15) is 11.3 Å². The Hall–Kier alpha value is -1.55. The number of rotatable bonds is 4. The predicted molar refractivity (Wildman–Crippen MR) is 54.5 cm³/mol. The molecule has 0 spiro atoms. The lowest BCUT2D eigenvalue weighted by Crippen LogP contribution is -2.12. The van der Waals surface area contributed by atoms with Gasteiger partial charge in [0.05, 0.1) is 0 Å². The fourth-order valence-corrected chi connectivity index (χ4v) is 1.39. The highest BCUT2D eigenvalue weighted by molar-refractivity contribution is 5.09. The second-order valence-corrected chi connectivity index (χ2v) is 3.37. The van der Waals surface area contributed by atoms with Crippen molar-refractivity contribution in [2.75, 3.05) is 0 Å². The van der Waals surface area contributed by atoms with Crippen molar-refractivity contribution < 1.29 is 0 Å². The van der Waals surface area contributed by atoms with Gasteiger partial charge in [-0.1, -0.05) is 0 Å². The molecule has 74 valence electrons. The average molecular weight is 190 g/mol. The van der Waals surface area contributed by atoms with Crippen LogP contribution in [-0.4, -0.2) is 14.8 Å². The van der Waals surface area contributed by atoms with Crippen molar-refractivity contribution in [3.8, 4) is 0 Å². The molecule has 0 saturated carbocycles. The lowest BCUT2D eigenvalue weighted by molar-refractivity contribution is 0.676. The van der Waals surface area contributed by atoms with E-state index in [1.807, 2.05) is 23.9 Å². The van der Waals surface area contributed by atoms with Gasteiger partial charge in [-0.25, -0.2) is 0 Å². The zero-order valence-electron chi connectivity index (χ0n) is 8.20. The highest BCUT2D eigenvalue weighted by atomic mass is 15.1. The number of hydrogen-bond acceptors (Lipinski definition) is 2. The first kappa shape index (κ1) is 9.02. The van der Waals surface area contributed by atoms with Crippen molar-refractivity contribution >= 4 is 0 Å². The molecule has 0 fully saturated rings. The minimum absolute atomic E-state index is 0.828. The Bertz CT molecular complexity index is 374. The second-order valence-electron chi connectivity index (χ2n) is 3.37. The van der Waals surface area contributed by atoms with E-state index in [4.69, 9.17) is 0 Å². The zero-order chi connectivity index (χ0) is 9.80. The van der Waals surface area contributed by atoms with Gasteiger partial charge in [-0.3, -0.25) is 5.10 Å². The molecule has 14 heavy (non-hydrogen) atoms. The SMILES string of the molecule is Cn1ccc(CNCc2ccn[nH]2)c1. The van der Waals surface area contributed by atoms with Crippen LogP contribution in [-0.2, 0) is 20.1 Å². The van der Waals surface area contributed by atoms with E-state index in [1.165, 1.54) is 5.56 Å². The Morgan fingerprint density at radius 3 is 3.00 bits per heavy atom. The average Bonchev–Trinajstić information content (AvgIpc) is 2.77. The van der Waals surface area contributed by atoms with Gasteiger partial charge in [-0.2, -0.15) is 5.10 Å². The molecular formula is C10H14N4. The van der Waals surface area contributed by atoms with Crippen molar-refractivity contribution in [2.24, 2.45) is 7.05 Å². The van der Waals surface area contributed by atoms with Crippen LogP contribution in [0.5, 0.6) is 0 Å². The lowest BCUT2D eigenvalue weighted by atomic mass is 10.3. The molecule has 0 saturated heterocycles.